The summed E-state index contributed by atoms with van der Waals surface area (Å²) in [5, 5.41) is 15.5. The van der Waals surface area contributed by atoms with E-state index in [-0.39, 0.29) is 6.04 Å². The molecule has 1 aromatic heterocycles. The number of hydrogen-bond donors (Lipinski definition) is 1. The lowest BCUT2D eigenvalue weighted by atomic mass is 9.97. The van der Waals surface area contributed by atoms with E-state index in [1.54, 1.807) is 0 Å². The number of nitriles is 1. The van der Waals surface area contributed by atoms with Crippen LogP contribution < -0.4 is 19.9 Å². The maximum Gasteiger partial charge on any atom is 0.318 e. The van der Waals surface area contributed by atoms with Gasteiger partial charge in [-0.3, -0.25) is 0 Å². The molecule has 8 heteroatoms. The standard InChI is InChI=1S/C32H39N7O/c1-37-16-4-7-25(37)21-40-32-35-28-20-38(29-9-3-6-23-5-2-8-26(30(23)29)22-10-11-22)17-13-27(28)31(36-32)39-18-15-34-24(19-39)12-14-33/h2-3,5-6,8-9,22,24-25,34H,4,7,10-13,15-21H2,1H3/t24-,25?/m0/s1. The molecule has 2 aromatic carbocycles. The van der Waals surface area contributed by atoms with E-state index in [1.807, 2.05) is 0 Å². The minimum Gasteiger partial charge on any atom is -0.462 e. The SMILES string of the molecule is CN1CCCC1COc1nc2c(c(N3CCN[C@@H](CC#N)C3)n1)CCN(c1cccc3cccc(C4CC4)c13)C2. The molecule has 0 radical (unpaired) electrons. The van der Waals surface area contributed by atoms with Gasteiger partial charge in [-0.05, 0) is 68.6 Å². The van der Waals surface area contributed by atoms with E-state index >= 15 is 0 Å². The summed E-state index contributed by atoms with van der Waals surface area (Å²) in [7, 11) is 2.17. The first-order valence-electron chi connectivity index (χ1n) is 15.0. The number of ether oxygens (including phenoxy) is 1. The van der Waals surface area contributed by atoms with Gasteiger partial charge in [0.25, 0.3) is 0 Å². The number of hydrogen-bond acceptors (Lipinski definition) is 8. The van der Waals surface area contributed by atoms with Gasteiger partial charge in [0.05, 0.1) is 24.7 Å². The first kappa shape index (κ1) is 25.6. The van der Waals surface area contributed by atoms with E-state index in [9.17, 15) is 5.26 Å². The zero-order chi connectivity index (χ0) is 27.1. The third-order valence-electron chi connectivity index (χ3n) is 9.26. The highest BCUT2D eigenvalue weighted by atomic mass is 16.5. The summed E-state index contributed by atoms with van der Waals surface area (Å²) in [5.41, 5.74) is 5.12. The molecular formula is C32H39N7O. The Morgan fingerprint density at radius 1 is 1.05 bits per heavy atom. The number of anilines is 2. The maximum atomic E-state index is 9.31. The quantitative estimate of drug-likeness (QED) is 0.480. The summed E-state index contributed by atoms with van der Waals surface area (Å²) in [5.74, 6) is 1.69. The number of nitrogens with zero attached hydrogens (tertiary/aromatic N) is 6. The summed E-state index contributed by atoms with van der Waals surface area (Å²) in [4.78, 5) is 17.3. The molecule has 4 aliphatic rings. The number of likely N-dealkylation sites (N-methyl/N-ethyl adjacent to an activating group) is 1. The van der Waals surface area contributed by atoms with Crippen molar-refractivity contribution in [2.24, 2.45) is 0 Å². The summed E-state index contributed by atoms with van der Waals surface area (Å²) in [6.07, 6.45) is 6.35. The first-order chi connectivity index (χ1) is 19.7. The maximum absolute atomic E-state index is 9.31. The lowest BCUT2D eigenvalue weighted by Crippen LogP contribution is -2.51. The van der Waals surface area contributed by atoms with Gasteiger partial charge >= 0.3 is 6.01 Å². The van der Waals surface area contributed by atoms with E-state index in [1.165, 1.54) is 46.8 Å². The van der Waals surface area contributed by atoms with E-state index in [0.717, 1.165) is 63.6 Å². The van der Waals surface area contributed by atoms with Crippen molar-refractivity contribution in [2.45, 2.75) is 63.1 Å². The minimum atomic E-state index is 0.150. The van der Waals surface area contributed by atoms with Crippen LogP contribution in [0.1, 0.15) is 54.8 Å². The normalized spacial score (nSPS) is 23.3. The van der Waals surface area contributed by atoms with Crippen molar-refractivity contribution in [3.63, 3.8) is 0 Å². The summed E-state index contributed by atoms with van der Waals surface area (Å²) < 4.78 is 6.33. The van der Waals surface area contributed by atoms with Gasteiger partial charge in [0.15, 0.2) is 0 Å². The highest BCUT2D eigenvalue weighted by Gasteiger charge is 2.31. The van der Waals surface area contributed by atoms with Crippen molar-refractivity contribution in [3.05, 3.63) is 53.2 Å². The van der Waals surface area contributed by atoms with Crippen LogP contribution in [0.5, 0.6) is 6.01 Å². The van der Waals surface area contributed by atoms with Crippen LogP contribution in [0.3, 0.4) is 0 Å². The van der Waals surface area contributed by atoms with Crippen LogP contribution in [-0.4, -0.2) is 73.3 Å². The molecule has 2 saturated heterocycles. The predicted octanol–water partition coefficient (Wildman–Crippen LogP) is 4.23. The molecule has 0 amide bonds. The molecule has 1 aliphatic carbocycles. The molecule has 0 bridgehead atoms. The Morgan fingerprint density at radius 2 is 1.93 bits per heavy atom. The number of piperazine rings is 1. The Morgan fingerprint density at radius 3 is 2.73 bits per heavy atom. The topological polar surface area (TPSA) is 80.5 Å². The lowest BCUT2D eigenvalue weighted by Gasteiger charge is -2.37. The zero-order valence-electron chi connectivity index (χ0n) is 23.5. The van der Waals surface area contributed by atoms with E-state index < -0.39 is 0 Å². The summed E-state index contributed by atoms with van der Waals surface area (Å²) in [6.45, 7) is 5.91. The fraction of sp³-hybridized carbons (Fsp3) is 0.531. The number of likely N-dealkylation sites (tertiary alicyclic amines) is 1. The first-order valence-corrected chi connectivity index (χ1v) is 15.0. The Kier molecular flexibility index (Phi) is 6.94. The molecule has 0 spiro atoms. The van der Waals surface area contributed by atoms with E-state index in [2.05, 4.69) is 69.5 Å². The highest BCUT2D eigenvalue weighted by Crippen LogP contribution is 2.46. The van der Waals surface area contributed by atoms with Crippen LogP contribution in [0, 0.1) is 11.3 Å². The van der Waals surface area contributed by atoms with Gasteiger partial charge in [-0.25, -0.2) is 0 Å². The van der Waals surface area contributed by atoms with Gasteiger partial charge in [0.2, 0.25) is 0 Å². The fourth-order valence-electron chi connectivity index (χ4n) is 6.89. The molecule has 4 heterocycles. The predicted molar refractivity (Wildman–Crippen MR) is 158 cm³/mol. The second kappa shape index (κ2) is 10.9. The number of aromatic nitrogens is 2. The Bertz CT molecular complexity index is 1430. The second-order valence-electron chi connectivity index (χ2n) is 12.0. The van der Waals surface area contributed by atoms with Crippen LogP contribution in [0.4, 0.5) is 11.5 Å². The fourth-order valence-corrected chi connectivity index (χ4v) is 6.89. The van der Waals surface area contributed by atoms with Gasteiger partial charge in [-0.1, -0.05) is 30.3 Å². The second-order valence-corrected chi connectivity index (χ2v) is 12.0. The van der Waals surface area contributed by atoms with Crippen molar-refractivity contribution in [1.29, 1.82) is 5.26 Å². The van der Waals surface area contributed by atoms with Crippen LogP contribution in [-0.2, 0) is 13.0 Å². The van der Waals surface area contributed by atoms with Gasteiger partial charge in [0.1, 0.15) is 12.4 Å². The Hall–Kier alpha value is -3.41. The van der Waals surface area contributed by atoms with Gasteiger partial charge in [0, 0.05) is 54.9 Å². The van der Waals surface area contributed by atoms with Gasteiger partial charge < -0.3 is 24.8 Å². The van der Waals surface area contributed by atoms with Gasteiger partial charge in [-0.15, -0.1) is 0 Å². The molecule has 208 valence electrons. The molecule has 8 nitrogen and oxygen atoms in total. The number of nitrogens with one attached hydrogen (secondary N) is 1. The van der Waals surface area contributed by atoms with Crippen molar-refractivity contribution < 1.29 is 4.74 Å². The van der Waals surface area contributed by atoms with Crippen LogP contribution in [0.2, 0.25) is 0 Å². The molecule has 3 aliphatic heterocycles. The van der Waals surface area contributed by atoms with E-state index in [0.29, 0.717) is 31.0 Å². The number of rotatable bonds is 7. The molecule has 1 saturated carbocycles. The molecule has 7 rings (SSSR count). The van der Waals surface area contributed by atoms with E-state index in [4.69, 9.17) is 14.7 Å². The smallest absolute Gasteiger partial charge is 0.318 e. The zero-order valence-corrected chi connectivity index (χ0v) is 23.5. The average Bonchev–Trinajstić information content (AvgIpc) is 3.75. The highest BCUT2D eigenvalue weighted by molar-refractivity contribution is 5.97. The Balaban J connectivity index is 1.23. The molecule has 2 atom stereocenters. The van der Waals surface area contributed by atoms with Crippen LogP contribution >= 0.6 is 0 Å². The van der Waals surface area contributed by atoms with Crippen LogP contribution in [0.25, 0.3) is 10.8 Å². The largest absolute Gasteiger partial charge is 0.462 e. The van der Waals surface area contributed by atoms with Crippen molar-refractivity contribution >= 4 is 22.3 Å². The molecular weight excluding hydrogens is 498 g/mol. The number of fused-ring (bicyclic) bond motifs is 2. The van der Waals surface area contributed by atoms with Crippen molar-refractivity contribution in [3.8, 4) is 12.1 Å². The third-order valence-corrected chi connectivity index (χ3v) is 9.26. The summed E-state index contributed by atoms with van der Waals surface area (Å²) >= 11 is 0. The molecule has 1 N–H and O–H groups in total. The summed E-state index contributed by atoms with van der Waals surface area (Å²) in [6, 6.07) is 16.9. The van der Waals surface area contributed by atoms with Gasteiger partial charge in [-0.2, -0.15) is 15.2 Å². The molecule has 3 fully saturated rings. The molecule has 3 aromatic rings. The lowest BCUT2D eigenvalue weighted by molar-refractivity contribution is 0.187. The molecule has 1 unspecified atom stereocenters. The van der Waals surface area contributed by atoms with Crippen LogP contribution in [0.15, 0.2) is 36.4 Å². The number of benzene rings is 2. The molecule has 40 heavy (non-hydrogen) atoms. The third kappa shape index (κ3) is 4.97. The Labute approximate surface area is 236 Å². The van der Waals surface area contributed by atoms with Crippen molar-refractivity contribution in [1.82, 2.24) is 20.2 Å². The monoisotopic (exact) mass is 537 g/mol. The average molecular weight is 538 g/mol. The van der Waals surface area contributed by atoms with Crippen molar-refractivity contribution in [2.75, 3.05) is 56.2 Å². The minimum absolute atomic E-state index is 0.150.